The molecule has 1 saturated carbocycles. The highest BCUT2D eigenvalue weighted by atomic mass is 19.4. The molecule has 3 heteroatoms. The third-order valence-electron chi connectivity index (χ3n) is 4.23. The van der Waals surface area contributed by atoms with Crippen molar-refractivity contribution in [2.75, 3.05) is 0 Å². The molecule has 1 fully saturated rings. The second-order valence-corrected chi connectivity index (χ2v) is 5.78. The van der Waals surface area contributed by atoms with E-state index in [0.29, 0.717) is 12.3 Å². The molecule has 0 unspecified atom stereocenters. The molecular weight excluding hydrogens is 249 g/mol. The minimum atomic E-state index is -3.99. The van der Waals surface area contributed by atoms with E-state index in [1.54, 1.807) is 0 Å². The summed E-state index contributed by atoms with van der Waals surface area (Å²) in [6.07, 6.45) is -0.356. The van der Waals surface area contributed by atoms with E-state index in [2.05, 4.69) is 31.2 Å². The van der Waals surface area contributed by atoms with Gasteiger partial charge in [-0.1, -0.05) is 29.8 Å². The number of benzene rings is 1. The second kappa shape index (κ2) is 5.98. The standard InChI is InChI=1S/C16H21F3/c1-12-2-6-14(7-3-12)15-8-4-13(5-9-15)10-11-16(17,18)19/h2-3,6-7,13,15H,4-5,8-11H2,1H3/t13-,15-. The molecule has 0 nitrogen and oxygen atoms in total. The Balaban J connectivity index is 1.81. The van der Waals surface area contributed by atoms with E-state index in [1.165, 1.54) is 11.1 Å². The molecular formula is C16H21F3. The Morgan fingerprint density at radius 1 is 1.00 bits per heavy atom. The first-order chi connectivity index (χ1) is 8.94. The summed E-state index contributed by atoms with van der Waals surface area (Å²) in [5.41, 5.74) is 2.60. The predicted octanol–water partition coefficient (Wildman–Crippen LogP) is 5.61. The zero-order chi connectivity index (χ0) is 13.9. The lowest BCUT2D eigenvalue weighted by Gasteiger charge is -2.29. The van der Waals surface area contributed by atoms with Crippen LogP contribution in [-0.2, 0) is 0 Å². The van der Waals surface area contributed by atoms with Crippen LogP contribution in [0, 0.1) is 12.8 Å². The predicted molar refractivity (Wildman–Crippen MR) is 71.2 cm³/mol. The first kappa shape index (κ1) is 14.4. The lowest BCUT2D eigenvalue weighted by atomic mass is 9.77. The van der Waals surface area contributed by atoms with Gasteiger partial charge in [-0.2, -0.15) is 13.2 Å². The summed E-state index contributed by atoms with van der Waals surface area (Å²) in [4.78, 5) is 0. The molecule has 0 atom stereocenters. The van der Waals surface area contributed by atoms with Crippen LogP contribution in [0.5, 0.6) is 0 Å². The topological polar surface area (TPSA) is 0 Å². The van der Waals surface area contributed by atoms with Crippen LogP contribution < -0.4 is 0 Å². The maximum Gasteiger partial charge on any atom is 0.389 e. The van der Waals surface area contributed by atoms with Gasteiger partial charge in [0.05, 0.1) is 0 Å². The molecule has 1 aliphatic carbocycles. The number of hydrogen-bond acceptors (Lipinski definition) is 0. The first-order valence-corrected chi connectivity index (χ1v) is 7.07. The number of rotatable bonds is 3. The van der Waals surface area contributed by atoms with E-state index >= 15 is 0 Å². The quantitative estimate of drug-likeness (QED) is 0.669. The van der Waals surface area contributed by atoms with Gasteiger partial charge in [-0.25, -0.2) is 0 Å². The Labute approximate surface area is 113 Å². The zero-order valence-electron chi connectivity index (χ0n) is 11.3. The van der Waals surface area contributed by atoms with E-state index < -0.39 is 12.6 Å². The van der Waals surface area contributed by atoms with Crippen molar-refractivity contribution in [3.63, 3.8) is 0 Å². The highest BCUT2D eigenvalue weighted by molar-refractivity contribution is 5.24. The third kappa shape index (κ3) is 4.55. The van der Waals surface area contributed by atoms with E-state index in [-0.39, 0.29) is 5.92 Å². The Bertz CT molecular complexity index is 383. The largest absolute Gasteiger partial charge is 0.389 e. The summed E-state index contributed by atoms with van der Waals surface area (Å²) < 4.78 is 36.6. The molecule has 0 saturated heterocycles. The number of hydrogen-bond donors (Lipinski definition) is 0. The van der Waals surface area contributed by atoms with Gasteiger partial charge in [0, 0.05) is 6.42 Å². The monoisotopic (exact) mass is 270 g/mol. The molecule has 2 rings (SSSR count). The van der Waals surface area contributed by atoms with Crippen LogP contribution in [0.25, 0.3) is 0 Å². The normalized spacial score (nSPS) is 24.4. The molecule has 106 valence electrons. The summed E-state index contributed by atoms with van der Waals surface area (Å²) in [6, 6.07) is 8.56. The zero-order valence-corrected chi connectivity index (χ0v) is 11.3. The maximum absolute atomic E-state index is 12.2. The summed E-state index contributed by atoms with van der Waals surface area (Å²) in [5, 5.41) is 0. The highest BCUT2D eigenvalue weighted by Crippen LogP contribution is 2.38. The first-order valence-electron chi connectivity index (χ1n) is 7.07. The van der Waals surface area contributed by atoms with Gasteiger partial charge in [-0.05, 0) is 56.4 Å². The van der Waals surface area contributed by atoms with Crippen molar-refractivity contribution < 1.29 is 13.2 Å². The fourth-order valence-corrected chi connectivity index (χ4v) is 2.99. The Morgan fingerprint density at radius 3 is 2.11 bits per heavy atom. The second-order valence-electron chi connectivity index (χ2n) is 5.78. The van der Waals surface area contributed by atoms with Crippen molar-refractivity contribution >= 4 is 0 Å². The van der Waals surface area contributed by atoms with Gasteiger partial charge < -0.3 is 0 Å². The molecule has 1 aromatic carbocycles. The molecule has 0 radical (unpaired) electrons. The van der Waals surface area contributed by atoms with Gasteiger partial charge in [-0.3, -0.25) is 0 Å². The molecule has 0 amide bonds. The van der Waals surface area contributed by atoms with Crippen molar-refractivity contribution in [3.8, 4) is 0 Å². The van der Waals surface area contributed by atoms with Crippen LogP contribution in [0.2, 0.25) is 0 Å². The minimum Gasteiger partial charge on any atom is -0.171 e. The number of aryl methyl sites for hydroxylation is 1. The van der Waals surface area contributed by atoms with Crippen molar-refractivity contribution in [2.24, 2.45) is 5.92 Å². The van der Waals surface area contributed by atoms with Gasteiger partial charge in [-0.15, -0.1) is 0 Å². The van der Waals surface area contributed by atoms with E-state index in [1.807, 2.05) is 0 Å². The van der Waals surface area contributed by atoms with Crippen LogP contribution in [0.4, 0.5) is 13.2 Å². The molecule has 1 aromatic rings. The van der Waals surface area contributed by atoms with Crippen LogP contribution in [-0.4, -0.2) is 6.18 Å². The third-order valence-corrected chi connectivity index (χ3v) is 4.23. The number of alkyl halides is 3. The van der Waals surface area contributed by atoms with E-state index in [0.717, 1.165) is 25.7 Å². The van der Waals surface area contributed by atoms with E-state index in [9.17, 15) is 13.2 Å². The fraction of sp³-hybridized carbons (Fsp3) is 0.625. The minimum absolute atomic E-state index is 0.267. The summed E-state index contributed by atoms with van der Waals surface area (Å²) in [7, 11) is 0. The van der Waals surface area contributed by atoms with Gasteiger partial charge in [0.15, 0.2) is 0 Å². The summed E-state index contributed by atoms with van der Waals surface area (Å²) in [6.45, 7) is 2.07. The van der Waals surface area contributed by atoms with Crippen LogP contribution in [0.1, 0.15) is 55.6 Å². The molecule has 0 bridgehead atoms. The Kier molecular flexibility index (Phi) is 4.54. The Morgan fingerprint density at radius 2 is 1.58 bits per heavy atom. The van der Waals surface area contributed by atoms with Crippen molar-refractivity contribution in [3.05, 3.63) is 35.4 Å². The molecule has 0 heterocycles. The van der Waals surface area contributed by atoms with Crippen molar-refractivity contribution in [1.29, 1.82) is 0 Å². The lowest BCUT2D eigenvalue weighted by molar-refractivity contribution is -0.138. The SMILES string of the molecule is Cc1ccc([C@H]2CC[C@H](CCC(F)(F)F)CC2)cc1. The number of halogens is 3. The average molecular weight is 270 g/mol. The average Bonchev–Trinajstić information content (AvgIpc) is 2.37. The van der Waals surface area contributed by atoms with Crippen LogP contribution >= 0.6 is 0 Å². The van der Waals surface area contributed by atoms with Crippen molar-refractivity contribution in [1.82, 2.24) is 0 Å². The van der Waals surface area contributed by atoms with Gasteiger partial charge in [0.2, 0.25) is 0 Å². The van der Waals surface area contributed by atoms with Gasteiger partial charge in [0.1, 0.15) is 0 Å². The molecule has 0 aromatic heterocycles. The molecule has 0 aliphatic heterocycles. The maximum atomic E-state index is 12.2. The smallest absolute Gasteiger partial charge is 0.171 e. The summed E-state index contributed by atoms with van der Waals surface area (Å²) >= 11 is 0. The molecule has 0 spiro atoms. The van der Waals surface area contributed by atoms with Gasteiger partial charge >= 0.3 is 6.18 Å². The highest BCUT2D eigenvalue weighted by Gasteiger charge is 2.30. The van der Waals surface area contributed by atoms with E-state index in [4.69, 9.17) is 0 Å². The molecule has 19 heavy (non-hydrogen) atoms. The van der Waals surface area contributed by atoms with Crippen LogP contribution in [0.15, 0.2) is 24.3 Å². The van der Waals surface area contributed by atoms with Crippen molar-refractivity contribution in [2.45, 2.75) is 57.5 Å². The van der Waals surface area contributed by atoms with Gasteiger partial charge in [0.25, 0.3) is 0 Å². The molecule has 1 aliphatic rings. The lowest BCUT2D eigenvalue weighted by Crippen LogP contribution is -2.16. The fourth-order valence-electron chi connectivity index (χ4n) is 2.99. The summed E-state index contributed by atoms with van der Waals surface area (Å²) in [5.74, 6) is 0.811. The Hall–Kier alpha value is -0.990. The molecule has 0 N–H and O–H groups in total. The van der Waals surface area contributed by atoms with Crippen LogP contribution in [0.3, 0.4) is 0 Å².